The quantitative estimate of drug-likeness (QED) is 0.763. The molecule has 0 aliphatic heterocycles. The number of halogens is 1. The second-order valence-corrected chi connectivity index (χ2v) is 9.18. The van der Waals surface area contributed by atoms with Crippen molar-refractivity contribution in [1.29, 1.82) is 0 Å². The Morgan fingerprint density at radius 3 is 2.33 bits per heavy atom. The van der Waals surface area contributed by atoms with Crippen LogP contribution in [0.2, 0.25) is 0 Å². The molecule has 0 atom stereocenters. The van der Waals surface area contributed by atoms with E-state index in [-0.39, 0.29) is 29.2 Å². The van der Waals surface area contributed by atoms with Crippen LogP contribution in [0.1, 0.15) is 42.6 Å². The second-order valence-electron chi connectivity index (χ2n) is 7.47. The average molecular weight is 390 g/mol. The summed E-state index contributed by atoms with van der Waals surface area (Å²) in [5.74, 6) is -0.645. The Labute approximate surface area is 159 Å². The molecule has 0 heterocycles. The van der Waals surface area contributed by atoms with E-state index in [2.05, 4.69) is 10.0 Å². The molecule has 0 bridgehead atoms. The fraction of sp³-hybridized carbons (Fsp3) is 0.350. The number of amides is 1. The third kappa shape index (κ3) is 4.73. The minimum absolute atomic E-state index is 0.0265. The number of benzene rings is 2. The third-order valence-corrected chi connectivity index (χ3v) is 6.16. The molecule has 1 amide bonds. The molecule has 3 rings (SSSR count). The van der Waals surface area contributed by atoms with Gasteiger partial charge in [-0.25, -0.2) is 17.5 Å². The summed E-state index contributed by atoms with van der Waals surface area (Å²) in [6.07, 6.45) is 1.72. The lowest BCUT2D eigenvalue weighted by atomic mass is 9.84. The summed E-state index contributed by atoms with van der Waals surface area (Å²) in [5, 5.41) is 2.79. The molecule has 2 N–H and O–H groups in total. The maximum Gasteiger partial charge on any atom is 0.251 e. The van der Waals surface area contributed by atoms with Gasteiger partial charge in [-0.3, -0.25) is 4.79 Å². The first-order valence-corrected chi connectivity index (χ1v) is 10.3. The standard InChI is InChI=1S/C20H23FN2O3S/c1-20(2,17-5-3-4-6-18(17)21)13-22-19(24)14-7-11-16(12-8-14)27(25,26)23-15-9-10-15/h3-8,11-12,15,23H,9-10,13H2,1-2H3,(H,22,24). The average Bonchev–Trinajstić information content (AvgIpc) is 3.43. The highest BCUT2D eigenvalue weighted by Gasteiger charge is 2.28. The molecule has 2 aromatic carbocycles. The molecule has 2 aromatic rings. The van der Waals surface area contributed by atoms with E-state index in [1.54, 1.807) is 18.2 Å². The van der Waals surface area contributed by atoms with Crippen molar-refractivity contribution in [3.63, 3.8) is 0 Å². The van der Waals surface area contributed by atoms with Crippen molar-refractivity contribution in [3.8, 4) is 0 Å². The van der Waals surface area contributed by atoms with Crippen LogP contribution in [0.4, 0.5) is 4.39 Å². The number of sulfonamides is 1. The molecular weight excluding hydrogens is 367 g/mol. The van der Waals surface area contributed by atoms with E-state index in [4.69, 9.17) is 0 Å². The highest BCUT2D eigenvalue weighted by atomic mass is 32.2. The highest BCUT2D eigenvalue weighted by molar-refractivity contribution is 7.89. The molecule has 0 radical (unpaired) electrons. The Kier molecular flexibility index (Phi) is 5.35. The molecule has 0 spiro atoms. The van der Waals surface area contributed by atoms with Crippen molar-refractivity contribution in [2.24, 2.45) is 0 Å². The van der Waals surface area contributed by atoms with Crippen LogP contribution >= 0.6 is 0 Å². The van der Waals surface area contributed by atoms with Gasteiger partial charge < -0.3 is 5.32 Å². The first-order chi connectivity index (χ1) is 12.7. The molecule has 0 unspecified atom stereocenters. The summed E-state index contributed by atoms with van der Waals surface area (Å²) in [5.41, 5.74) is 0.293. The molecular formula is C20H23FN2O3S. The van der Waals surface area contributed by atoms with E-state index >= 15 is 0 Å². The summed E-state index contributed by atoms with van der Waals surface area (Å²) < 4.78 is 40.9. The van der Waals surface area contributed by atoms with Gasteiger partial charge in [0.05, 0.1) is 4.90 Å². The van der Waals surface area contributed by atoms with Crippen LogP contribution in [0.5, 0.6) is 0 Å². The molecule has 0 aromatic heterocycles. The molecule has 1 aliphatic carbocycles. The zero-order chi connectivity index (χ0) is 19.7. The monoisotopic (exact) mass is 390 g/mol. The van der Waals surface area contributed by atoms with Gasteiger partial charge in [-0.15, -0.1) is 0 Å². The Balaban J connectivity index is 1.65. The summed E-state index contributed by atoms with van der Waals surface area (Å²) >= 11 is 0. The van der Waals surface area contributed by atoms with Crippen molar-refractivity contribution in [2.75, 3.05) is 6.54 Å². The van der Waals surface area contributed by atoms with Gasteiger partial charge in [-0.05, 0) is 48.7 Å². The van der Waals surface area contributed by atoms with Crippen LogP contribution in [0.25, 0.3) is 0 Å². The molecule has 1 aliphatic rings. The number of hydrogen-bond donors (Lipinski definition) is 2. The molecule has 1 fully saturated rings. The first kappa shape index (κ1) is 19.5. The molecule has 0 saturated heterocycles. The van der Waals surface area contributed by atoms with Gasteiger partial charge in [-0.1, -0.05) is 32.0 Å². The first-order valence-electron chi connectivity index (χ1n) is 8.85. The predicted octanol–water partition coefficient (Wildman–Crippen LogP) is 2.97. The lowest BCUT2D eigenvalue weighted by Crippen LogP contribution is -2.37. The number of rotatable bonds is 7. The summed E-state index contributed by atoms with van der Waals surface area (Å²) in [7, 11) is -3.54. The molecule has 27 heavy (non-hydrogen) atoms. The molecule has 7 heteroatoms. The highest BCUT2D eigenvalue weighted by Crippen LogP contribution is 2.25. The van der Waals surface area contributed by atoms with Gasteiger partial charge in [0, 0.05) is 23.6 Å². The maximum absolute atomic E-state index is 14.0. The van der Waals surface area contributed by atoms with Crippen LogP contribution in [0, 0.1) is 5.82 Å². The third-order valence-electron chi connectivity index (χ3n) is 4.62. The molecule has 1 saturated carbocycles. The number of carbonyl (C=O) groups is 1. The Bertz CT molecular complexity index is 936. The van der Waals surface area contributed by atoms with Crippen molar-refractivity contribution in [3.05, 3.63) is 65.5 Å². The van der Waals surface area contributed by atoms with E-state index in [0.29, 0.717) is 11.1 Å². The smallest absolute Gasteiger partial charge is 0.251 e. The van der Waals surface area contributed by atoms with E-state index in [0.717, 1.165) is 12.8 Å². The molecule has 5 nitrogen and oxygen atoms in total. The summed E-state index contributed by atoms with van der Waals surface area (Å²) in [6.45, 7) is 3.95. The minimum Gasteiger partial charge on any atom is -0.351 e. The molecule has 144 valence electrons. The lowest BCUT2D eigenvalue weighted by molar-refractivity contribution is 0.0945. The van der Waals surface area contributed by atoms with Gasteiger partial charge in [-0.2, -0.15) is 0 Å². The van der Waals surface area contributed by atoms with Gasteiger partial charge in [0.2, 0.25) is 10.0 Å². The van der Waals surface area contributed by atoms with Crippen LogP contribution in [-0.2, 0) is 15.4 Å². The van der Waals surface area contributed by atoms with Gasteiger partial charge in [0.15, 0.2) is 0 Å². The predicted molar refractivity (Wildman–Crippen MR) is 102 cm³/mol. The maximum atomic E-state index is 14.0. The van der Waals surface area contributed by atoms with E-state index in [9.17, 15) is 17.6 Å². The zero-order valence-corrected chi connectivity index (χ0v) is 16.1. The van der Waals surface area contributed by atoms with Crippen LogP contribution < -0.4 is 10.0 Å². The minimum atomic E-state index is -3.54. The van der Waals surface area contributed by atoms with Crippen molar-refractivity contribution in [1.82, 2.24) is 10.0 Å². The van der Waals surface area contributed by atoms with Crippen molar-refractivity contribution in [2.45, 2.75) is 43.0 Å². The van der Waals surface area contributed by atoms with Crippen LogP contribution in [0.3, 0.4) is 0 Å². The SMILES string of the molecule is CC(C)(CNC(=O)c1ccc(S(=O)(=O)NC2CC2)cc1)c1ccccc1F. The number of hydrogen-bond acceptors (Lipinski definition) is 3. The number of carbonyl (C=O) groups excluding carboxylic acids is 1. The fourth-order valence-corrected chi connectivity index (χ4v) is 4.09. The van der Waals surface area contributed by atoms with E-state index < -0.39 is 15.4 Å². The largest absolute Gasteiger partial charge is 0.351 e. The lowest BCUT2D eigenvalue weighted by Gasteiger charge is -2.26. The number of nitrogens with one attached hydrogen (secondary N) is 2. The summed E-state index contributed by atoms with van der Waals surface area (Å²) in [6, 6.07) is 12.3. The van der Waals surface area contributed by atoms with Crippen LogP contribution in [0.15, 0.2) is 53.4 Å². The zero-order valence-electron chi connectivity index (χ0n) is 15.3. The Hall–Kier alpha value is -2.25. The normalized spacial score (nSPS) is 14.8. The van der Waals surface area contributed by atoms with Crippen LogP contribution in [-0.4, -0.2) is 26.9 Å². The summed E-state index contributed by atoms with van der Waals surface area (Å²) in [4.78, 5) is 12.5. The topological polar surface area (TPSA) is 75.3 Å². The van der Waals surface area contributed by atoms with Crippen molar-refractivity contribution >= 4 is 15.9 Å². The van der Waals surface area contributed by atoms with Crippen molar-refractivity contribution < 1.29 is 17.6 Å². The van der Waals surface area contributed by atoms with Gasteiger partial charge >= 0.3 is 0 Å². The van der Waals surface area contributed by atoms with Gasteiger partial charge in [0.1, 0.15) is 5.82 Å². The van der Waals surface area contributed by atoms with Gasteiger partial charge in [0.25, 0.3) is 5.91 Å². The Morgan fingerprint density at radius 2 is 1.74 bits per heavy atom. The fourth-order valence-electron chi connectivity index (χ4n) is 2.78. The Morgan fingerprint density at radius 1 is 1.11 bits per heavy atom. The van der Waals surface area contributed by atoms with E-state index in [1.807, 2.05) is 13.8 Å². The van der Waals surface area contributed by atoms with E-state index in [1.165, 1.54) is 30.3 Å². The second kappa shape index (κ2) is 7.40.